The molecule has 0 bridgehead atoms. The van der Waals surface area contributed by atoms with Crippen molar-refractivity contribution >= 4 is 17.9 Å². The molecule has 0 saturated carbocycles. The van der Waals surface area contributed by atoms with E-state index in [2.05, 4.69) is 45.1 Å². The van der Waals surface area contributed by atoms with Crippen LogP contribution >= 0.6 is 0 Å². The average Bonchev–Trinajstić information content (AvgIpc) is 3.37. The Morgan fingerprint density at radius 1 is 0.268 bits per heavy atom. The maximum absolute atomic E-state index is 12.9. The largest absolute Gasteiger partial charge is 0.462 e. The van der Waals surface area contributed by atoms with Gasteiger partial charge in [-0.1, -0.05) is 289 Å². The van der Waals surface area contributed by atoms with Crippen molar-refractivity contribution in [2.75, 3.05) is 13.2 Å². The molecule has 418 valence electrons. The van der Waals surface area contributed by atoms with E-state index in [1.54, 1.807) is 0 Å². The minimum Gasteiger partial charge on any atom is -0.462 e. The maximum atomic E-state index is 12.9. The molecule has 6 heteroatoms. The summed E-state index contributed by atoms with van der Waals surface area (Å²) in [5.74, 6) is -0.849. The average molecular weight is 1000 g/mol. The fourth-order valence-electron chi connectivity index (χ4n) is 9.61. The zero-order valence-corrected chi connectivity index (χ0v) is 48.0. The van der Waals surface area contributed by atoms with E-state index in [1.807, 2.05) is 0 Å². The Labute approximate surface area is 443 Å². The predicted octanol–water partition coefficient (Wildman–Crippen LogP) is 21.4. The van der Waals surface area contributed by atoms with Crippen LogP contribution in [0.4, 0.5) is 0 Å². The SMILES string of the molecule is CCCCCCCC/C=C\CCCCCCCCCCCC(=O)OCC(COC(=O)CCCCCCCCCCCCCCCCCC)OC(=O)CCCCCCCCC/C=C\CCCCCCCCC. The van der Waals surface area contributed by atoms with E-state index in [-0.39, 0.29) is 31.1 Å². The summed E-state index contributed by atoms with van der Waals surface area (Å²) >= 11 is 0. The summed E-state index contributed by atoms with van der Waals surface area (Å²) in [6.45, 7) is 6.70. The van der Waals surface area contributed by atoms with Gasteiger partial charge in [0, 0.05) is 19.3 Å². The normalized spacial score (nSPS) is 12.1. The molecule has 0 aliphatic heterocycles. The lowest BCUT2D eigenvalue weighted by Gasteiger charge is -2.18. The quantitative estimate of drug-likeness (QED) is 0.0261. The molecule has 0 aromatic rings. The van der Waals surface area contributed by atoms with Gasteiger partial charge < -0.3 is 14.2 Å². The van der Waals surface area contributed by atoms with Crippen molar-refractivity contribution in [2.45, 2.75) is 361 Å². The Bertz CT molecular complexity index is 1150. The summed E-state index contributed by atoms with van der Waals surface area (Å²) in [5.41, 5.74) is 0. The number of allylic oxidation sites excluding steroid dienone is 4. The van der Waals surface area contributed by atoms with E-state index in [4.69, 9.17) is 14.2 Å². The van der Waals surface area contributed by atoms with Crippen LogP contribution in [0.1, 0.15) is 355 Å². The van der Waals surface area contributed by atoms with Crippen molar-refractivity contribution in [3.63, 3.8) is 0 Å². The second-order valence-corrected chi connectivity index (χ2v) is 21.7. The first-order valence-corrected chi connectivity index (χ1v) is 31.8. The topological polar surface area (TPSA) is 78.9 Å². The van der Waals surface area contributed by atoms with Gasteiger partial charge in [-0.2, -0.15) is 0 Å². The molecule has 6 nitrogen and oxygen atoms in total. The van der Waals surface area contributed by atoms with Crippen LogP contribution in [0, 0.1) is 0 Å². The highest BCUT2D eigenvalue weighted by Gasteiger charge is 2.19. The standard InChI is InChI=1S/C65H122O6/c1-4-7-10-13-16-19-22-25-28-31-33-35-37-40-43-46-49-52-55-58-64(67)70-61-62(60-69-63(66)57-54-51-48-45-42-39-36-30-27-24-21-18-15-12-9-6-3)71-65(68)59-56-53-50-47-44-41-38-34-32-29-26-23-20-17-14-11-8-5-2/h25,28-29,32,62H,4-24,26-27,30-31,33-61H2,1-3H3/b28-25-,32-29-. The Balaban J connectivity index is 4.33. The molecule has 1 atom stereocenters. The van der Waals surface area contributed by atoms with Crippen molar-refractivity contribution in [3.8, 4) is 0 Å². The van der Waals surface area contributed by atoms with Crippen LogP contribution in [-0.4, -0.2) is 37.2 Å². The Kier molecular flexibility index (Phi) is 58.6. The molecule has 0 aliphatic carbocycles. The fourth-order valence-corrected chi connectivity index (χ4v) is 9.61. The predicted molar refractivity (Wildman–Crippen MR) is 307 cm³/mol. The minimum absolute atomic E-state index is 0.0685. The molecule has 0 aromatic heterocycles. The summed E-state index contributed by atoms with van der Waals surface area (Å²) in [6, 6.07) is 0. The number of carbonyl (C=O) groups is 3. The van der Waals surface area contributed by atoms with Crippen molar-refractivity contribution < 1.29 is 28.6 Å². The molecule has 0 aliphatic rings. The van der Waals surface area contributed by atoms with Crippen LogP contribution in [-0.2, 0) is 28.6 Å². The van der Waals surface area contributed by atoms with Crippen molar-refractivity contribution in [1.82, 2.24) is 0 Å². The molecular weight excluding hydrogens is 877 g/mol. The number of hydrogen-bond acceptors (Lipinski definition) is 6. The lowest BCUT2D eigenvalue weighted by Crippen LogP contribution is -2.30. The third-order valence-corrected chi connectivity index (χ3v) is 14.4. The van der Waals surface area contributed by atoms with Gasteiger partial charge in [0.1, 0.15) is 13.2 Å². The molecule has 1 unspecified atom stereocenters. The smallest absolute Gasteiger partial charge is 0.306 e. The van der Waals surface area contributed by atoms with Gasteiger partial charge in [-0.3, -0.25) is 14.4 Å². The Hall–Kier alpha value is -2.11. The van der Waals surface area contributed by atoms with Gasteiger partial charge in [0.15, 0.2) is 6.10 Å². The highest BCUT2D eigenvalue weighted by Crippen LogP contribution is 2.17. The molecule has 0 amide bonds. The maximum Gasteiger partial charge on any atom is 0.306 e. The van der Waals surface area contributed by atoms with Gasteiger partial charge in [0.25, 0.3) is 0 Å². The van der Waals surface area contributed by atoms with E-state index in [9.17, 15) is 14.4 Å². The van der Waals surface area contributed by atoms with Crippen LogP contribution in [0.2, 0.25) is 0 Å². The molecule has 0 saturated heterocycles. The first-order chi connectivity index (χ1) is 35.0. The van der Waals surface area contributed by atoms with Crippen LogP contribution in [0.5, 0.6) is 0 Å². The van der Waals surface area contributed by atoms with E-state index in [1.165, 1.54) is 257 Å². The van der Waals surface area contributed by atoms with Gasteiger partial charge in [0.2, 0.25) is 0 Å². The van der Waals surface area contributed by atoms with E-state index >= 15 is 0 Å². The molecule has 0 fully saturated rings. The summed E-state index contributed by atoms with van der Waals surface area (Å²) in [4.78, 5) is 38.3. The number of rotatable bonds is 59. The van der Waals surface area contributed by atoms with Crippen molar-refractivity contribution in [2.24, 2.45) is 0 Å². The molecule has 71 heavy (non-hydrogen) atoms. The molecule has 0 rings (SSSR count). The van der Waals surface area contributed by atoms with Crippen LogP contribution < -0.4 is 0 Å². The fraction of sp³-hybridized carbons (Fsp3) is 0.892. The minimum atomic E-state index is -0.771. The zero-order valence-electron chi connectivity index (χ0n) is 48.0. The lowest BCUT2D eigenvalue weighted by atomic mass is 10.0. The summed E-state index contributed by atoms with van der Waals surface area (Å²) in [6.07, 6.45) is 71.7. The Morgan fingerprint density at radius 2 is 0.465 bits per heavy atom. The highest BCUT2D eigenvalue weighted by atomic mass is 16.6. The van der Waals surface area contributed by atoms with E-state index in [0.29, 0.717) is 19.3 Å². The molecule has 0 aromatic carbocycles. The summed E-state index contributed by atoms with van der Waals surface area (Å²) < 4.78 is 16.9. The first kappa shape index (κ1) is 68.9. The summed E-state index contributed by atoms with van der Waals surface area (Å²) in [5, 5.41) is 0. The van der Waals surface area contributed by atoms with Crippen LogP contribution in [0.15, 0.2) is 24.3 Å². The second kappa shape index (κ2) is 60.4. The van der Waals surface area contributed by atoms with Crippen LogP contribution in [0.3, 0.4) is 0 Å². The van der Waals surface area contributed by atoms with Gasteiger partial charge in [-0.05, 0) is 70.6 Å². The molecule has 0 spiro atoms. The molecular formula is C65H122O6. The monoisotopic (exact) mass is 999 g/mol. The zero-order chi connectivity index (χ0) is 51.4. The van der Waals surface area contributed by atoms with Gasteiger partial charge in [-0.15, -0.1) is 0 Å². The third-order valence-electron chi connectivity index (χ3n) is 14.4. The third kappa shape index (κ3) is 58.7. The Morgan fingerprint density at radius 3 is 0.704 bits per heavy atom. The van der Waals surface area contributed by atoms with Gasteiger partial charge in [0.05, 0.1) is 0 Å². The molecule has 0 radical (unpaired) electrons. The van der Waals surface area contributed by atoms with E-state index < -0.39 is 6.10 Å². The first-order valence-electron chi connectivity index (χ1n) is 31.8. The highest BCUT2D eigenvalue weighted by molar-refractivity contribution is 5.71. The second-order valence-electron chi connectivity index (χ2n) is 21.7. The number of ether oxygens (including phenoxy) is 3. The number of esters is 3. The van der Waals surface area contributed by atoms with Crippen molar-refractivity contribution in [1.29, 1.82) is 0 Å². The lowest BCUT2D eigenvalue weighted by molar-refractivity contribution is -0.167. The number of hydrogen-bond donors (Lipinski definition) is 0. The van der Waals surface area contributed by atoms with Gasteiger partial charge >= 0.3 is 17.9 Å². The van der Waals surface area contributed by atoms with E-state index in [0.717, 1.165) is 57.8 Å². The summed E-state index contributed by atoms with van der Waals surface area (Å²) in [7, 11) is 0. The van der Waals surface area contributed by atoms with Crippen LogP contribution in [0.25, 0.3) is 0 Å². The molecule has 0 N–H and O–H groups in total. The van der Waals surface area contributed by atoms with Gasteiger partial charge in [-0.25, -0.2) is 0 Å². The van der Waals surface area contributed by atoms with Crippen molar-refractivity contribution in [3.05, 3.63) is 24.3 Å². The number of unbranched alkanes of at least 4 members (excludes halogenated alkanes) is 44. The number of carbonyl (C=O) groups excluding carboxylic acids is 3. The molecule has 0 heterocycles.